The lowest BCUT2D eigenvalue weighted by atomic mass is 9.98. The average Bonchev–Trinajstić information content (AvgIpc) is 3.20. The van der Waals surface area contributed by atoms with Gasteiger partial charge in [0.25, 0.3) is 5.91 Å². The predicted octanol–water partition coefficient (Wildman–Crippen LogP) is 3.16. The van der Waals surface area contributed by atoms with Crippen molar-refractivity contribution in [3.05, 3.63) is 45.9 Å². The molecule has 4 rings (SSSR count). The zero-order valence-corrected chi connectivity index (χ0v) is 14.0. The number of carbonyl (C=O) groups excluding carboxylic acids is 1. The molecule has 0 saturated carbocycles. The van der Waals surface area contributed by atoms with Crippen LogP contribution in [0, 0.1) is 6.92 Å². The number of aryl methyl sites for hydroxylation is 1. The number of hydrogen-bond donors (Lipinski definition) is 0. The molecule has 2 atom stereocenters. The summed E-state index contributed by atoms with van der Waals surface area (Å²) in [6.45, 7) is 3.62. The molecule has 0 spiro atoms. The van der Waals surface area contributed by atoms with E-state index < -0.39 is 0 Å². The van der Waals surface area contributed by atoms with Crippen molar-refractivity contribution in [3.63, 3.8) is 0 Å². The first kappa shape index (κ1) is 14.7. The number of amides is 1. The highest BCUT2D eigenvalue weighted by Gasteiger charge is 2.35. The standard InChI is InChI=1S/C18H20N2O2S/c1-12-11-23-17(19-12)14-6-4-8-20(10-14)18(21)16-9-13-5-2-3-7-15(13)22-16/h2-3,5,7,11,14,16H,4,6,8-10H2,1H3/t14-,16+/m1/s1. The third kappa shape index (κ3) is 2.85. The van der Waals surface area contributed by atoms with Crippen molar-refractivity contribution in [1.29, 1.82) is 0 Å². The van der Waals surface area contributed by atoms with E-state index in [1.807, 2.05) is 36.1 Å². The van der Waals surface area contributed by atoms with Gasteiger partial charge in [-0.1, -0.05) is 18.2 Å². The Hall–Kier alpha value is -1.88. The van der Waals surface area contributed by atoms with E-state index in [0.717, 1.165) is 47.9 Å². The highest BCUT2D eigenvalue weighted by Crippen LogP contribution is 2.32. The summed E-state index contributed by atoms with van der Waals surface area (Å²) in [4.78, 5) is 19.4. The number of nitrogens with zero attached hydrogens (tertiary/aromatic N) is 2. The van der Waals surface area contributed by atoms with Crippen LogP contribution in [0.25, 0.3) is 0 Å². The van der Waals surface area contributed by atoms with Crippen molar-refractivity contribution < 1.29 is 9.53 Å². The molecule has 1 aromatic carbocycles. The van der Waals surface area contributed by atoms with E-state index in [4.69, 9.17) is 4.74 Å². The normalized spacial score (nSPS) is 23.4. The number of para-hydroxylation sites is 1. The minimum absolute atomic E-state index is 0.124. The fraction of sp³-hybridized carbons (Fsp3) is 0.444. The molecule has 3 heterocycles. The van der Waals surface area contributed by atoms with E-state index in [0.29, 0.717) is 12.3 Å². The molecule has 0 bridgehead atoms. The van der Waals surface area contributed by atoms with Crippen LogP contribution in [-0.4, -0.2) is 35.0 Å². The van der Waals surface area contributed by atoms with Crippen LogP contribution in [0.5, 0.6) is 5.75 Å². The van der Waals surface area contributed by atoms with E-state index in [1.54, 1.807) is 11.3 Å². The maximum Gasteiger partial charge on any atom is 0.264 e. The minimum atomic E-state index is -0.357. The van der Waals surface area contributed by atoms with Crippen LogP contribution in [-0.2, 0) is 11.2 Å². The fourth-order valence-electron chi connectivity index (χ4n) is 3.46. The number of fused-ring (bicyclic) bond motifs is 1. The van der Waals surface area contributed by atoms with Crippen molar-refractivity contribution >= 4 is 17.2 Å². The maximum absolute atomic E-state index is 12.8. The first-order valence-electron chi connectivity index (χ1n) is 8.16. The molecule has 0 radical (unpaired) electrons. The SMILES string of the molecule is Cc1csc([C@@H]2CCCN(C(=O)[C@@H]3Cc4ccccc4O3)C2)n1. The quantitative estimate of drug-likeness (QED) is 0.850. The van der Waals surface area contributed by atoms with Gasteiger partial charge < -0.3 is 9.64 Å². The first-order chi connectivity index (χ1) is 11.2. The van der Waals surface area contributed by atoms with Gasteiger partial charge in [-0.2, -0.15) is 0 Å². The molecule has 1 fully saturated rings. The summed E-state index contributed by atoms with van der Waals surface area (Å²) in [6.07, 6.45) is 2.48. The molecular formula is C18H20N2O2S. The van der Waals surface area contributed by atoms with Gasteiger partial charge in [-0.05, 0) is 31.4 Å². The molecule has 1 aromatic heterocycles. The topological polar surface area (TPSA) is 42.4 Å². The summed E-state index contributed by atoms with van der Waals surface area (Å²) in [5.74, 6) is 1.35. The molecule has 5 heteroatoms. The Bertz CT molecular complexity index is 702. The number of likely N-dealkylation sites (tertiary alicyclic amines) is 1. The Morgan fingerprint density at radius 2 is 2.26 bits per heavy atom. The predicted molar refractivity (Wildman–Crippen MR) is 90.0 cm³/mol. The molecule has 0 unspecified atom stereocenters. The lowest BCUT2D eigenvalue weighted by molar-refractivity contribution is -0.139. The van der Waals surface area contributed by atoms with Crippen molar-refractivity contribution in [1.82, 2.24) is 9.88 Å². The van der Waals surface area contributed by atoms with E-state index in [9.17, 15) is 4.79 Å². The smallest absolute Gasteiger partial charge is 0.264 e. The number of carbonyl (C=O) groups is 1. The highest BCUT2D eigenvalue weighted by atomic mass is 32.1. The summed E-state index contributed by atoms with van der Waals surface area (Å²) in [5, 5.41) is 3.25. The van der Waals surface area contributed by atoms with Crippen molar-refractivity contribution in [3.8, 4) is 5.75 Å². The second-order valence-corrected chi connectivity index (χ2v) is 7.26. The molecule has 2 aromatic rings. The first-order valence-corrected chi connectivity index (χ1v) is 9.04. The van der Waals surface area contributed by atoms with Crippen LogP contribution in [0.4, 0.5) is 0 Å². The highest BCUT2D eigenvalue weighted by molar-refractivity contribution is 7.09. The van der Waals surface area contributed by atoms with Crippen LogP contribution in [0.15, 0.2) is 29.6 Å². The van der Waals surface area contributed by atoms with Gasteiger partial charge in [0.2, 0.25) is 0 Å². The summed E-state index contributed by atoms with van der Waals surface area (Å²) in [5.41, 5.74) is 2.21. The van der Waals surface area contributed by atoms with Gasteiger partial charge in [-0.3, -0.25) is 4.79 Å². The van der Waals surface area contributed by atoms with Gasteiger partial charge in [-0.15, -0.1) is 11.3 Å². The summed E-state index contributed by atoms with van der Waals surface area (Å²) in [6, 6.07) is 7.93. The zero-order valence-electron chi connectivity index (χ0n) is 13.2. The Balaban J connectivity index is 1.45. The Morgan fingerprint density at radius 3 is 3.04 bits per heavy atom. The number of benzene rings is 1. The van der Waals surface area contributed by atoms with Crippen molar-refractivity contribution in [2.45, 2.75) is 38.2 Å². The number of ether oxygens (including phenoxy) is 1. The summed E-state index contributed by atoms with van der Waals surface area (Å²) < 4.78 is 5.86. The van der Waals surface area contributed by atoms with Crippen molar-refractivity contribution in [2.24, 2.45) is 0 Å². The Labute approximate surface area is 140 Å². The summed E-state index contributed by atoms with van der Waals surface area (Å²) >= 11 is 1.71. The number of piperidine rings is 1. The Morgan fingerprint density at radius 1 is 1.39 bits per heavy atom. The third-order valence-electron chi connectivity index (χ3n) is 4.64. The number of thiazole rings is 1. The minimum Gasteiger partial charge on any atom is -0.480 e. The van der Waals surface area contributed by atoms with Gasteiger partial charge in [0.1, 0.15) is 5.75 Å². The third-order valence-corrected chi connectivity index (χ3v) is 5.77. The van der Waals surface area contributed by atoms with Crippen LogP contribution in [0.3, 0.4) is 0 Å². The maximum atomic E-state index is 12.8. The lowest BCUT2D eigenvalue weighted by Crippen LogP contribution is -2.45. The molecule has 2 aliphatic rings. The van der Waals surface area contributed by atoms with E-state index >= 15 is 0 Å². The van der Waals surface area contributed by atoms with Gasteiger partial charge in [0.15, 0.2) is 6.10 Å². The zero-order chi connectivity index (χ0) is 15.8. The fourth-order valence-corrected chi connectivity index (χ4v) is 4.39. The number of aromatic nitrogens is 1. The van der Waals surface area contributed by atoms with Gasteiger partial charge in [-0.25, -0.2) is 4.98 Å². The molecule has 0 aliphatic carbocycles. The van der Waals surface area contributed by atoms with E-state index in [-0.39, 0.29) is 12.0 Å². The van der Waals surface area contributed by atoms with Gasteiger partial charge in [0.05, 0.1) is 5.01 Å². The molecule has 1 amide bonds. The van der Waals surface area contributed by atoms with Crippen LogP contribution < -0.4 is 4.74 Å². The molecule has 0 N–H and O–H groups in total. The van der Waals surface area contributed by atoms with Gasteiger partial charge in [0, 0.05) is 36.5 Å². The largest absolute Gasteiger partial charge is 0.480 e. The molecule has 23 heavy (non-hydrogen) atoms. The Kier molecular flexibility index (Phi) is 3.81. The van der Waals surface area contributed by atoms with E-state index in [1.165, 1.54) is 0 Å². The van der Waals surface area contributed by atoms with Crippen LogP contribution in [0.2, 0.25) is 0 Å². The number of rotatable bonds is 2. The summed E-state index contributed by atoms with van der Waals surface area (Å²) in [7, 11) is 0. The van der Waals surface area contributed by atoms with Crippen LogP contribution >= 0.6 is 11.3 Å². The van der Waals surface area contributed by atoms with Gasteiger partial charge >= 0.3 is 0 Å². The second-order valence-electron chi connectivity index (χ2n) is 6.37. The molecular weight excluding hydrogens is 308 g/mol. The van der Waals surface area contributed by atoms with Crippen molar-refractivity contribution in [2.75, 3.05) is 13.1 Å². The second kappa shape index (κ2) is 5.96. The molecule has 2 aliphatic heterocycles. The average molecular weight is 328 g/mol. The van der Waals surface area contributed by atoms with E-state index in [2.05, 4.69) is 10.4 Å². The monoisotopic (exact) mass is 328 g/mol. The molecule has 1 saturated heterocycles. The van der Waals surface area contributed by atoms with Crippen LogP contribution in [0.1, 0.15) is 35.0 Å². The molecule has 4 nitrogen and oxygen atoms in total. The molecule has 120 valence electrons. The number of hydrogen-bond acceptors (Lipinski definition) is 4. The lowest BCUT2D eigenvalue weighted by Gasteiger charge is -2.33.